The van der Waals surface area contributed by atoms with Crippen molar-refractivity contribution < 1.29 is 18.3 Å². The molecule has 0 radical (unpaired) electrons. The second-order valence-electron chi connectivity index (χ2n) is 5.67. The normalized spacial score (nSPS) is 45.0. The third-order valence-corrected chi connectivity index (χ3v) is 4.94. The Morgan fingerprint density at radius 2 is 1.81 bits per heavy atom. The molecule has 2 bridgehead atoms. The Morgan fingerprint density at radius 3 is 2.25 bits per heavy atom. The van der Waals surface area contributed by atoms with E-state index < -0.39 is 12.3 Å². The minimum atomic E-state index is -4.45. The van der Waals surface area contributed by atoms with Crippen molar-refractivity contribution in [1.82, 2.24) is 0 Å². The van der Waals surface area contributed by atoms with Crippen molar-refractivity contribution in [2.75, 3.05) is 0 Å². The molecule has 6 unspecified atom stereocenters. The van der Waals surface area contributed by atoms with Crippen molar-refractivity contribution in [1.29, 1.82) is 0 Å². The fourth-order valence-electron chi connectivity index (χ4n) is 3.79. The summed E-state index contributed by atoms with van der Waals surface area (Å²) in [6.07, 6.45) is -4.72. The molecule has 4 heteroatoms. The van der Waals surface area contributed by atoms with Gasteiger partial charge in [-0.3, -0.25) is 0 Å². The fourth-order valence-corrected chi connectivity index (χ4v) is 3.79. The number of halogens is 3. The lowest BCUT2D eigenvalue weighted by Gasteiger charge is -2.33. The highest BCUT2D eigenvalue weighted by atomic mass is 19.4. The van der Waals surface area contributed by atoms with Crippen LogP contribution in [-0.4, -0.2) is 17.4 Å². The first kappa shape index (κ1) is 12.2. The van der Waals surface area contributed by atoms with Gasteiger partial charge < -0.3 is 5.11 Å². The lowest BCUT2D eigenvalue weighted by molar-refractivity contribution is -0.210. The summed E-state index contributed by atoms with van der Waals surface area (Å²) in [6, 6.07) is 0. The molecule has 6 atom stereocenters. The molecule has 2 rings (SSSR count). The van der Waals surface area contributed by atoms with Gasteiger partial charge in [0.25, 0.3) is 0 Å². The van der Waals surface area contributed by atoms with E-state index in [4.69, 9.17) is 5.11 Å². The Labute approximate surface area is 94.0 Å². The van der Waals surface area contributed by atoms with Gasteiger partial charge in [0.1, 0.15) is 6.10 Å². The quantitative estimate of drug-likeness (QED) is 0.780. The topological polar surface area (TPSA) is 20.2 Å². The SMILES string of the molecule is CC1C2CC(CC(O)C(F)(F)F)C(C2)C1C. The van der Waals surface area contributed by atoms with Crippen LogP contribution < -0.4 is 0 Å². The molecule has 2 saturated carbocycles. The summed E-state index contributed by atoms with van der Waals surface area (Å²) in [7, 11) is 0. The number of aliphatic hydroxyl groups excluding tert-OH is 1. The van der Waals surface area contributed by atoms with Crippen LogP contribution in [0.25, 0.3) is 0 Å². The van der Waals surface area contributed by atoms with Crippen LogP contribution in [0.2, 0.25) is 0 Å². The Morgan fingerprint density at radius 1 is 1.19 bits per heavy atom. The van der Waals surface area contributed by atoms with Gasteiger partial charge in [-0.15, -0.1) is 0 Å². The molecule has 1 nitrogen and oxygen atoms in total. The van der Waals surface area contributed by atoms with Gasteiger partial charge in [0.15, 0.2) is 0 Å². The summed E-state index contributed by atoms with van der Waals surface area (Å²) in [6.45, 7) is 4.34. The maximum Gasteiger partial charge on any atom is 0.414 e. The Bertz CT molecular complexity index is 261. The fraction of sp³-hybridized carbons (Fsp3) is 1.00. The van der Waals surface area contributed by atoms with Crippen LogP contribution in [0.5, 0.6) is 0 Å². The first-order valence-corrected chi connectivity index (χ1v) is 6.05. The second kappa shape index (κ2) is 3.90. The molecule has 16 heavy (non-hydrogen) atoms. The zero-order valence-corrected chi connectivity index (χ0v) is 9.67. The molecule has 0 aromatic carbocycles. The standard InChI is InChI=1S/C12H19F3O/c1-6-7(2)10-4-8(6)3-9(10)5-11(16)12(13,14)15/h6-11,16H,3-5H2,1-2H3. The van der Waals surface area contributed by atoms with Gasteiger partial charge in [-0.1, -0.05) is 13.8 Å². The second-order valence-corrected chi connectivity index (χ2v) is 5.67. The zero-order valence-electron chi connectivity index (χ0n) is 9.67. The third-order valence-electron chi connectivity index (χ3n) is 4.94. The van der Waals surface area contributed by atoms with Crippen LogP contribution in [0.4, 0.5) is 13.2 Å². The Balaban J connectivity index is 1.95. The van der Waals surface area contributed by atoms with Gasteiger partial charge in [0.2, 0.25) is 0 Å². The van der Waals surface area contributed by atoms with E-state index in [0.717, 1.165) is 12.8 Å². The lowest BCUT2D eigenvalue weighted by atomic mass is 9.74. The third kappa shape index (κ3) is 1.96. The largest absolute Gasteiger partial charge is 0.414 e. The molecule has 0 heterocycles. The number of alkyl halides is 3. The average molecular weight is 236 g/mol. The van der Waals surface area contributed by atoms with Crippen molar-refractivity contribution in [3.05, 3.63) is 0 Å². The number of rotatable bonds is 2. The minimum Gasteiger partial charge on any atom is -0.384 e. The van der Waals surface area contributed by atoms with Gasteiger partial charge >= 0.3 is 6.18 Å². The predicted octanol–water partition coefficient (Wildman–Crippen LogP) is 3.23. The summed E-state index contributed by atoms with van der Waals surface area (Å²) in [5, 5.41) is 9.10. The van der Waals surface area contributed by atoms with Crippen LogP contribution in [-0.2, 0) is 0 Å². The summed E-state index contributed by atoms with van der Waals surface area (Å²) in [5.41, 5.74) is 0. The molecule has 2 aliphatic rings. The van der Waals surface area contributed by atoms with Gasteiger partial charge in [0.05, 0.1) is 0 Å². The summed E-state index contributed by atoms with van der Waals surface area (Å²) >= 11 is 0. The number of hydrogen-bond acceptors (Lipinski definition) is 1. The molecule has 0 saturated heterocycles. The maximum absolute atomic E-state index is 12.3. The van der Waals surface area contributed by atoms with E-state index in [1.165, 1.54) is 0 Å². The van der Waals surface area contributed by atoms with E-state index in [1.54, 1.807) is 0 Å². The highest BCUT2D eigenvalue weighted by Gasteiger charge is 2.51. The van der Waals surface area contributed by atoms with Crippen molar-refractivity contribution in [3.8, 4) is 0 Å². The molecular weight excluding hydrogens is 217 g/mol. The number of aliphatic hydroxyl groups is 1. The van der Waals surface area contributed by atoms with E-state index in [0.29, 0.717) is 23.7 Å². The van der Waals surface area contributed by atoms with E-state index >= 15 is 0 Å². The van der Waals surface area contributed by atoms with Crippen LogP contribution in [0, 0.1) is 29.6 Å². The summed E-state index contributed by atoms with van der Waals surface area (Å²) in [4.78, 5) is 0. The average Bonchev–Trinajstić information content (AvgIpc) is 2.67. The molecule has 0 aromatic rings. The Hall–Kier alpha value is -0.250. The maximum atomic E-state index is 12.3. The molecule has 94 valence electrons. The molecule has 0 amide bonds. The lowest BCUT2D eigenvalue weighted by Crippen LogP contribution is -2.34. The zero-order chi connectivity index (χ0) is 12.1. The summed E-state index contributed by atoms with van der Waals surface area (Å²) in [5.74, 6) is 2.23. The molecule has 2 fully saturated rings. The monoisotopic (exact) mass is 236 g/mol. The summed E-state index contributed by atoms with van der Waals surface area (Å²) < 4.78 is 36.8. The van der Waals surface area contributed by atoms with Crippen LogP contribution in [0.15, 0.2) is 0 Å². The van der Waals surface area contributed by atoms with E-state index in [1.807, 2.05) is 0 Å². The van der Waals surface area contributed by atoms with Gasteiger partial charge in [-0.2, -0.15) is 13.2 Å². The first-order valence-electron chi connectivity index (χ1n) is 6.05. The van der Waals surface area contributed by atoms with Crippen LogP contribution in [0.3, 0.4) is 0 Å². The van der Waals surface area contributed by atoms with Crippen LogP contribution in [0.1, 0.15) is 33.1 Å². The van der Waals surface area contributed by atoms with Crippen molar-refractivity contribution >= 4 is 0 Å². The Kier molecular flexibility index (Phi) is 2.97. The van der Waals surface area contributed by atoms with Crippen molar-refractivity contribution in [3.63, 3.8) is 0 Å². The number of fused-ring (bicyclic) bond motifs is 2. The highest BCUT2D eigenvalue weighted by Crippen LogP contribution is 2.56. The van der Waals surface area contributed by atoms with E-state index in [9.17, 15) is 13.2 Å². The minimum absolute atomic E-state index is 0.0767. The molecule has 0 aliphatic heterocycles. The van der Waals surface area contributed by atoms with Gasteiger partial charge in [-0.05, 0) is 48.9 Å². The van der Waals surface area contributed by atoms with Gasteiger partial charge in [0, 0.05) is 0 Å². The predicted molar refractivity (Wildman–Crippen MR) is 54.7 cm³/mol. The number of hydrogen-bond donors (Lipinski definition) is 1. The smallest absolute Gasteiger partial charge is 0.384 e. The molecule has 0 spiro atoms. The molecule has 2 aliphatic carbocycles. The van der Waals surface area contributed by atoms with Crippen molar-refractivity contribution in [2.45, 2.75) is 45.4 Å². The molecule has 0 aromatic heterocycles. The van der Waals surface area contributed by atoms with Crippen molar-refractivity contribution in [2.24, 2.45) is 29.6 Å². The molecule has 1 N–H and O–H groups in total. The molecular formula is C12H19F3O. The highest BCUT2D eigenvalue weighted by molar-refractivity contribution is 4.98. The van der Waals surface area contributed by atoms with Gasteiger partial charge in [-0.25, -0.2) is 0 Å². The van der Waals surface area contributed by atoms with E-state index in [2.05, 4.69) is 13.8 Å². The first-order chi connectivity index (χ1) is 7.30. The van der Waals surface area contributed by atoms with E-state index in [-0.39, 0.29) is 12.3 Å². The van der Waals surface area contributed by atoms with Crippen LogP contribution >= 0.6 is 0 Å².